The van der Waals surface area contributed by atoms with E-state index < -0.39 is 0 Å². The first-order valence-electron chi connectivity index (χ1n) is 8.71. The number of rotatable bonds is 7. The Kier molecular flexibility index (Phi) is 7.06. The number of hydrogen-bond donors (Lipinski definition) is 1. The molecule has 1 atom stereocenters. The van der Waals surface area contributed by atoms with E-state index in [0.29, 0.717) is 18.0 Å². The minimum Gasteiger partial charge on any atom is -0.494 e. The summed E-state index contributed by atoms with van der Waals surface area (Å²) in [6.45, 7) is 15.3. The normalized spacial score (nSPS) is 19.3. The van der Waals surface area contributed by atoms with Crippen molar-refractivity contribution < 1.29 is 9.47 Å². The van der Waals surface area contributed by atoms with Crippen molar-refractivity contribution in [1.29, 1.82) is 0 Å². The number of nitrogens with two attached hydrogens (primary N) is 1. The first-order chi connectivity index (χ1) is 13.0. The van der Waals surface area contributed by atoms with Gasteiger partial charge >= 0.3 is 0 Å². The van der Waals surface area contributed by atoms with Gasteiger partial charge in [-0.15, -0.1) is 0 Å². The third kappa shape index (κ3) is 5.14. The molecule has 1 saturated heterocycles. The molecule has 27 heavy (non-hydrogen) atoms. The fourth-order valence-electron chi connectivity index (χ4n) is 2.86. The monoisotopic (exact) mass is 365 g/mol. The highest BCUT2D eigenvalue weighted by Crippen LogP contribution is 2.31. The van der Waals surface area contributed by atoms with Crippen LogP contribution in [-0.2, 0) is 4.74 Å². The Morgan fingerprint density at radius 2 is 2.22 bits per heavy atom. The predicted molar refractivity (Wildman–Crippen MR) is 113 cm³/mol. The number of aliphatic imine (C=N–C) groups is 1. The topological polar surface area (TPSA) is 60.1 Å². The molecule has 1 heterocycles. The lowest BCUT2D eigenvalue weighted by Crippen LogP contribution is -2.38. The lowest BCUT2D eigenvalue weighted by molar-refractivity contribution is 0.0671. The van der Waals surface area contributed by atoms with Gasteiger partial charge in [-0.3, -0.25) is 0 Å². The molecule has 2 rings (SSSR count). The zero-order valence-corrected chi connectivity index (χ0v) is 16.0. The molecule has 0 radical (unpaired) electrons. The van der Waals surface area contributed by atoms with Crippen molar-refractivity contribution in [2.45, 2.75) is 13.0 Å². The zero-order chi connectivity index (χ0) is 19.8. The summed E-state index contributed by atoms with van der Waals surface area (Å²) < 4.78 is 11.4. The van der Waals surface area contributed by atoms with Gasteiger partial charge in [0.2, 0.25) is 0 Å². The van der Waals surface area contributed by atoms with Crippen LogP contribution >= 0.6 is 0 Å². The summed E-state index contributed by atoms with van der Waals surface area (Å²) in [5.74, 6) is 1.37. The minimum absolute atomic E-state index is 0.0413. The molecule has 0 aliphatic carbocycles. The molecule has 0 saturated carbocycles. The van der Waals surface area contributed by atoms with Gasteiger partial charge in [0.05, 0.1) is 25.7 Å². The second-order valence-electron chi connectivity index (χ2n) is 6.16. The molecule has 0 spiro atoms. The summed E-state index contributed by atoms with van der Waals surface area (Å²) >= 11 is 0. The van der Waals surface area contributed by atoms with Crippen LogP contribution in [0.15, 0.2) is 78.2 Å². The van der Waals surface area contributed by atoms with Crippen molar-refractivity contribution in [3.8, 4) is 5.75 Å². The lowest BCUT2D eigenvalue weighted by atomic mass is 10.1. The summed E-state index contributed by atoms with van der Waals surface area (Å²) in [4.78, 5) is 6.27. The SMILES string of the molecule is C=C/C=C(\C=C)CN1C[C@H](C)O/C(=C\c2ccc(N=CN)c(OC)c2)C1=C. The Morgan fingerprint density at radius 3 is 2.85 bits per heavy atom. The third-order valence-electron chi connectivity index (χ3n) is 4.15. The van der Waals surface area contributed by atoms with Gasteiger partial charge in [-0.05, 0) is 36.3 Å². The van der Waals surface area contributed by atoms with Crippen LogP contribution in [-0.4, -0.2) is 37.5 Å². The van der Waals surface area contributed by atoms with Gasteiger partial charge in [0.25, 0.3) is 0 Å². The van der Waals surface area contributed by atoms with Crippen LogP contribution in [0.2, 0.25) is 0 Å². The molecule has 5 heteroatoms. The maximum absolute atomic E-state index is 6.02. The van der Waals surface area contributed by atoms with Crippen LogP contribution in [0.25, 0.3) is 6.08 Å². The van der Waals surface area contributed by atoms with Crippen molar-refractivity contribution in [3.05, 3.63) is 78.8 Å². The van der Waals surface area contributed by atoms with Gasteiger partial charge in [-0.1, -0.05) is 44.0 Å². The Morgan fingerprint density at radius 1 is 1.44 bits per heavy atom. The zero-order valence-electron chi connectivity index (χ0n) is 16.0. The maximum Gasteiger partial charge on any atom is 0.145 e. The Hall–Kier alpha value is -3.21. The van der Waals surface area contributed by atoms with E-state index in [1.54, 1.807) is 13.2 Å². The molecule has 1 aromatic carbocycles. The molecule has 1 aliphatic rings. The van der Waals surface area contributed by atoms with Crippen LogP contribution in [0.5, 0.6) is 5.75 Å². The van der Waals surface area contributed by atoms with Crippen LogP contribution in [0.1, 0.15) is 12.5 Å². The summed E-state index contributed by atoms with van der Waals surface area (Å²) in [6.07, 6.45) is 8.78. The van der Waals surface area contributed by atoms with Gasteiger partial charge < -0.3 is 20.1 Å². The second-order valence-corrected chi connectivity index (χ2v) is 6.16. The first-order valence-corrected chi connectivity index (χ1v) is 8.71. The van der Waals surface area contributed by atoms with E-state index in [0.717, 1.165) is 29.1 Å². The van der Waals surface area contributed by atoms with Gasteiger partial charge in [0.15, 0.2) is 0 Å². The van der Waals surface area contributed by atoms with Gasteiger partial charge in [0, 0.05) is 6.54 Å². The Bertz CT molecular complexity index is 806. The average Bonchev–Trinajstić information content (AvgIpc) is 2.66. The van der Waals surface area contributed by atoms with E-state index in [9.17, 15) is 0 Å². The molecule has 5 nitrogen and oxygen atoms in total. The number of methoxy groups -OCH3 is 1. The smallest absolute Gasteiger partial charge is 0.145 e. The fourth-order valence-corrected chi connectivity index (χ4v) is 2.86. The van der Waals surface area contributed by atoms with E-state index in [-0.39, 0.29) is 6.10 Å². The van der Waals surface area contributed by atoms with E-state index in [4.69, 9.17) is 15.2 Å². The van der Waals surface area contributed by atoms with Crippen LogP contribution in [0.3, 0.4) is 0 Å². The summed E-state index contributed by atoms with van der Waals surface area (Å²) in [5, 5.41) is 0. The van der Waals surface area contributed by atoms with Crippen molar-refractivity contribution >= 4 is 18.1 Å². The Labute approximate surface area is 161 Å². The van der Waals surface area contributed by atoms with Gasteiger partial charge in [0.1, 0.15) is 23.3 Å². The summed E-state index contributed by atoms with van der Waals surface area (Å²) in [5.41, 5.74) is 8.88. The van der Waals surface area contributed by atoms with E-state index in [2.05, 4.69) is 29.6 Å². The van der Waals surface area contributed by atoms with Crippen molar-refractivity contribution in [1.82, 2.24) is 4.90 Å². The largest absolute Gasteiger partial charge is 0.494 e. The number of nitrogens with zero attached hydrogens (tertiary/aromatic N) is 2. The summed E-state index contributed by atoms with van der Waals surface area (Å²) in [6, 6.07) is 5.68. The molecule has 1 aromatic rings. The molecule has 1 aliphatic heterocycles. The number of ether oxygens (including phenoxy) is 2. The lowest BCUT2D eigenvalue weighted by Gasteiger charge is -2.37. The molecule has 1 fully saturated rings. The molecule has 0 amide bonds. The van der Waals surface area contributed by atoms with Gasteiger partial charge in [-0.2, -0.15) is 0 Å². The predicted octanol–water partition coefficient (Wildman–Crippen LogP) is 4.19. The third-order valence-corrected chi connectivity index (χ3v) is 4.15. The van der Waals surface area contributed by atoms with Crippen LogP contribution in [0, 0.1) is 0 Å². The number of morpholine rings is 1. The molecular weight excluding hydrogens is 338 g/mol. The van der Waals surface area contributed by atoms with E-state index in [1.807, 2.05) is 43.4 Å². The number of hydrogen-bond acceptors (Lipinski definition) is 4. The van der Waals surface area contributed by atoms with E-state index in [1.165, 1.54) is 6.34 Å². The molecule has 2 N–H and O–H groups in total. The highest BCUT2D eigenvalue weighted by atomic mass is 16.5. The van der Waals surface area contributed by atoms with Crippen LogP contribution < -0.4 is 10.5 Å². The molecule has 142 valence electrons. The fraction of sp³-hybridized carbons (Fsp3) is 0.227. The highest BCUT2D eigenvalue weighted by molar-refractivity contribution is 5.67. The quantitative estimate of drug-likeness (QED) is 0.447. The molecule has 0 aromatic heterocycles. The Balaban J connectivity index is 2.30. The number of benzene rings is 1. The minimum atomic E-state index is 0.0413. The number of allylic oxidation sites excluding steroid dienone is 2. The summed E-state index contributed by atoms with van der Waals surface area (Å²) in [7, 11) is 1.60. The van der Waals surface area contributed by atoms with Crippen molar-refractivity contribution in [2.24, 2.45) is 10.7 Å². The average molecular weight is 365 g/mol. The molecular formula is C22H27N3O2. The highest BCUT2D eigenvalue weighted by Gasteiger charge is 2.24. The molecule has 0 bridgehead atoms. The van der Waals surface area contributed by atoms with E-state index >= 15 is 0 Å². The first kappa shape index (κ1) is 20.1. The standard InChI is InChI=1S/C22H27N3O2/c1-6-8-18(7-2)14-25-13-16(3)27-21(17(25)4)11-19-9-10-20(24-15-23)22(12-19)26-5/h6-12,15-16H,1-2,4,13-14H2,3,5H3,(H2,23,24)/b18-8+,21-11-/t16-/m0/s1. The van der Waals surface area contributed by atoms with Crippen molar-refractivity contribution in [2.75, 3.05) is 20.2 Å². The van der Waals surface area contributed by atoms with Crippen molar-refractivity contribution in [3.63, 3.8) is 0 Å². The maximum atomic E-state index is 6.02. The second kappa shape index (κ2) is 9.48. The van der Waals surface area contributed by atoms with Gasteiger partial charge in [-0.25, -0.2) is 4.99 Å². The van der Waals surface area contributed by atoms with Crippen LogP contribution in [0.4, 0.5) is 5.69 Å². The molecule has 0 unspecified atom stereocenters.